The van der Waals surface area contributed by atoms with Crippen LogP contribution < -0.4 is 10.6 Å². The third kappa shape index (κ3) is 2.55. The number of nitrogens with two attached hydrogens (primary N) is 1. The number of anilines is 2. The quantitative estimate of drug-likeness (QED) is 0.753. The molecule has 26 heavy (non-hydrogen) atoms. The molecule has 0 unspecified atom stereocenters. The summed E-state index contributed by atoms with van der Waals surface area (Å²) in [5.41, 5.74) is 9.14. The molecule has 3 aromatic rings. The second kappa shape index (κ2) is 6.64. The molecule has 0 saturated carbocycles. The van der Waals surface area contributed by atoms with Crippen molar-refractivity contribution >= 4 is 32.4 Å². The van der Waals surface area contributed by atoms with Crippen molar-refractivity contribution in [2.45, 2.75) is 0 Å². The van der Waals surface area contributed by atoms with Gasteiger partial charge in [0.2, 0.25) is 0 Å². The van der Waals surface area contributed by atoms with Crippen LogP contribution in [0.15, 0.2) is 30.3 Å². The maximum atomic E-state index is 9.77. The van der Waals surface area contributed by atoms with Crippen molar-refractivity contribution in [2.24, 2.45) is 0 Å². The van der Waals surface area contributed by atoms with E-state index in [0.717, 1.165) is 33.9 Å². The van der Waals surface area contributed by atoms with Crippen molar-refractivity contribution in [3.05, 3.63) is 41.5 Å². The number of benzene rings is 1. The summed E-state index contributed by atoms with van der Waals surface area (Å²) in [5.74, 6) is 0.154. The standard InChI is InChI=1S/C19H15N5OS/c20-10-13-15(12-4-2-1-3-5-12)17-16(23-18(13)22)14(11-21)19(26-17)24-6-8-25-9-7-24/h1-5H,6-9H2,(H2,22,23). The highest BCUT2D eigenvalue weighted by molar-refractivity contribution is 7.23. The van der Waals surface area contributed by atoms with Crippen molar-refractivity contribution in [3.63, 3.8) is 0 Å². The molecule has 0 bridgehead atoms. The van der Waals surface area contributed by atoms with Gasteiger partial charge in [-0.3, -0.25) is 0 Å². The Morgan fingerprint density at radius 2 is 1.77 bits per heavy atom. The molecule has 2 N–H and O–H groups in total. The number of rotatable bonds is 2. The second-order valence-electron chi connectivity index (χ2n) is 5.90. The summed E-state index contributed by atoms with van der Waals surface area (Å²) in [6.45, 7) is 2.71. The van der Waals surface area contributed by atoms with Gasteiger partial charge in [0.25, 0.3) is 0 Å². The van der Waals surface area contributed by atoms with Gasteiger partial charge in [-0.05, 0) is 5.56 Å². The monoisotopic (exact) mass is 361 g/mol. The Bertz CT molecular complexity index is 1060. The Kier molecular flexibility index (Phi) is 4.18. The number of nitriles is 2. The van der Waals surface area contributed by atoms with Crippen LogP contribution >= 0.6 is 11.3 Å². The van der Waals surface area contributed by atoms with Gasteiger partial charge in [-0.15, -0.1) is 11.3 Å². The third-order valence-electron chi connectivity index (χ3n) is 4.41. The molecule has 1 saturated heterocycles. The molecule has 0 radical (unpaired) electrons. The average molecular weight is 361 g/mol. The van der Waals surface area contributed by atoms with Crippen molar-refractivity contribution in [2.75, 3.05) is 36.9 Å². The molecule has 128 valence electrons. The van der Waals surface area contributed by atoms with Crippen LogP contribution in [0.25, 0.3) is 21.3 Å². The first-order valence-corrected chi connectivity index (χ1v) is 9.00. The van der Waals surface area contributed by atoms with Crippen molar-refractivity contribution < 1.29 is 4.74 Å². The molecule has 1 aliphatic rings. The van der Waals surface area contributed by atoms with E-state index in [1.54, 1.807) is 0 Å². The largest absolute Gasteiger partial charge is 0.383 e. The number of hydrogen-bond donors (Lipinski definition) is 1. The fourth-order valence-electron chi connectivity index (χ4n) is 3.19. The summed E-state index contributed by atoms with van der Waals surface area (Å²) >= 11 is 1.49. The summed E-state index contributed by atoms with van der Waals surface area (Å²) in [6.07, 6.45) is 0. The predicted octanol–water partition coefficient (Wildman–Crippen LogP) is 3.13. The summed E-state index contributed by atoms with van der Waals surface area (Å²) < 4.78 is 6.24. The highest BCUT2D eigenvalue weighted by atomic mass is 32.1. The summed E-state index contributed by atoms with van der Waals surface area (Å²) in [6, 6.07) is 14.1. The van der Waals surface area contributed by atoms with E-state index in [0.29, 0.717) is 29.9 Å². The minimum atomic E-state index is 0.154. The lowest BCUT2D eigenvalue weighted by Gasteiger charge is -2.27. The van der Waals surface area contributed by atoms with Crippen molar-refractivity contribution in [3.8, 4) is 23.3 Å². The van der Waals surface area contributed by atoms with Gasteiger partial charge in [0.15, 0.2) is 0 Å². The molecule has 0 aliphatic carbocycles. The lowest BCUT2D eigenvalue weighted by molar-refractivity contribution is 0.123. The van der Waals surface area contributed by atoms with Gasteiger partial charge in [0.05, 0.1) is 17.9 Å². The van der Waals surface area contributed by atoms with Crippen LogP contribution in [0.5, 0.6) is 0 Å². The minimum Gasteiger partial charge on any atom is -0.383 e. The Morgan fingerprint density at radius 1 is 1.08 bits per heavy atom. The van der Waals surface area contributed by atoms with E-state index in [1.165, 1.54) is 11.3 Å². The van der Waals surface area contributed by atoms with Gasteiger partial charge in [-0.1, -0.05) is 30.3 Å². The first-order chi connectivity index (χ1) is 12.7. The van der Waals surface area contributed by atoms with Crippen LogP contribution in [0.3, 0.4) is 0 Å². The van der Waals surface area contributed by atoms with Gasteiger partial charge in [0.1, 0.15) is 39.6 Å². The van der Waals surface area contributed by atoms with Gasteiger partial charge >= 0.3 is 0 Å². The van der Waals surface area contributed by atoms with E-state index >= 15 is 0 Å². The predicted molar refractivity (Wildman–Crippen MR) is 102 cm³/mol. The van der Waals surface area contributed by atoms with E-state index in [9.17, 15) is 10.5 Å². The fourth-order valence-corrected chi connectivity index (χ4v) is 4.50. The SMILES string of the molecule is N#Cc1c(N)nc2c(C#N)c(N3CCOCC3)sc2c1-c1ccccc1. The smallest absolute Gasteiger partial charge is 0.142 e. The maximum absolute atomic E-state index is 9.77. The molecule has 4 rings (SSSR count). The third-order valence-corrected chi connectivity index (χ3v) is 5.67. The Morgan fingerprint density at radius 3 is 2.42 bits per heavy atom. The van der Waals surface area contributed by atoms with Gasteiger partial charge in [-0.2, -0.15) is 10.5 Å². The Balaban J connectivity index is 2.04. The van der Waals surface area contributed by atoms with Gasteiger partial charge in [-0.25, -0.2) is 4.98 Å². The Hall–Kier alpha value is -3.13. The fraction of sp³-hybridized carbons (Fsp3) is 0.211. The zero-order valence-corrected chi connectivity index (χ0v) is 14.7. The molecule has 0 atom stereocenters. The molecule has 0 spiro atoms. The average Bonchev–Trinajstić information content (AvgIpc) is 3.06. The van der Waals surface area contributed by atoms with Crippen molar-refractivity contribution in [1.82, 2.24) is 4.98 Å². The zero-order valence-electron chi connectivity index (χ0n) is 13.9. The molecule has 1 aromatic carbocycles. The van der Waals surface area contributed by atoms with Gasteiger partial charge in [0, 0.05) is 18.7 Å². The molecule has 1 fully saturated rings. The molecule has 6 nitrogen and oxygen atoms in total. The molecule has 2 aromatic heterocycles. The number of nitrogens with zero attached hydrogens (tertiary/aromatic N) is 4. The summed E-state index contributed by atoms with van der Waals surface area (Å²) in [7, 11) is 0. The topological polar surface area (TPSA) is 99.0 Å². The zero-order chi connectivity index (χ0) is 18.1. The first-order valence-electron chi connectivity index (χ1n) is 8.19. The molecule has 1 aliphatic heterocycles. The highest BCUT2D eigenvalue weighted by Gasteiger charge is 2.25. The molecule has 0 amide bonds. The van der Waals surface area contributed by atoms with E-state index < -0.39 is 0 Å². The van der Waals surface area contributed by atoms with Gasteiger partial charge < -0.3 is 15.4 Å². The minimum absolute atomic E-state index is 0.154. The highest BCUT2D eigenvalue weighted by Crippen LogP contribution is 2.44. The molecule has 7 heteroatoms. The normalized spacial score (nSPS) is 14.2. The number of nitrogen functional groups attached to an aromatic ring is 1. The van der Waals surface area contributed by atoms with Crippen molar-refractivity contribution in [1.29, 1.82) is 10.5 Å². The van der Waals surface area contributed by atoms with E-state index in [-0.39, 0.29) is 5.82 Å². The summed E-state index contributed by atoms with van der Waals surface area (Å²) in [5, 5.41) is 20.3. The number of thiophene rings is 1. The van der Waals surface area contributed by atoms with E-state index in [1.807, 2.05) is 30.3 Å². The summed E-state index contributed by atoms with van der Waals surface area (Å²) in [4.78, 5) is 6.55. The molecular formula is C19H15N5OS. The number of hydrogen-bond acceptors (Lipinski definition) is 7. The lowest BCUT2D eigenvalue weighted by atomic mass is 10.00. The van der Waals surface area contributed by atoms with Crippen LogP contribution in [0, 0.1) is 22.7 Å². The van der Waals surface area contributed by atoms with Crippen LogP contribution in [0.1, 0.15) is 11.1 Å². The molecular weight excluding hydrogens is 346 g/mol. The van der Waals surface area contributed by atoms with E-state index in [4.69, 9.17) is 10.5 Å². The second-order valence-corrected chi connectivity index (χ2v) is 6.90. The Labute approximate surface area is 154 Å². The van der Waals surface area contributed by atoms with E-state index in [2.05, 4.69) is 22.0 Å². The van der Waals surface area contributed by atoms with Crippen LogP contribution in [0.4, 0.5) is 10.8 Å². The first kappa shape index (κ1) is 16.3. The number of ether oxygens (including phenoxy) is 1. The lowest BCUT2D eigenvalue weighted by Crippen LogP contribution is -2.36. The van der Waals surface area contributed by atoms with Crippen LogP contribution in [0.2, 0.25) is 0 Å². The number of morpholine rings is 1. The maximum Gasteiger partial charge on any atom is 0.142 e. The van der Waals surface area contributed by atoms with Crippen LogP contribution in [-0.4, -0.2) is 31.3 Å². The van der Waals surface area contributed by atoms with Crippen LogP contribution in [-0.2, 0) is 4.74 Å². The number of fused-ring (bicyclic) bond motifs is 1. The number of aromatic nitrogens is 1. The number of pyridine rings is 1. The molecule has 3 heterocycles.